The van der Waals surface area contributed by atoms with E-state index in [-0.39, 0.29) is 0 Å². The van der Waals surface area contributed by atoms with Crippen molar-refractivity contribution in [1.29, 1.82) is 0 Å². The Hall–Kier alpha value is -0.120. The Morgan fingerprint density at radius 3 is 2.71 bits per heavy atom. The molecule has 4 unspecified atom stereocenters. The lowest BCUT2D eigenvalue weighted by Gasteiger charge is -2.45. The molecule has 1 N–H and O–H groups in total. The monoisotopic (exact) mass is 242 g/mol. The van der Waals surface area contributed by atoms with Crippen LogP contribution >= 0.6 is 0 Å². The largest absolute Gasteiger partial charge is 0.383 e. The van der Waals surface area contributed by atoms with Gasteiger partial charge >= 0.3 is 0 Å². The molecule has 1 heterocycles. The summed E-state index contributed by atoms with van der Waals surface area (Å²) in [6.07, 6.45) is 2.49. The molecule has 0 spiro atoms. The SMILES string of the molecule is CCCNC1CCN(C(C)COC)C(C)C1C. The Morgan fingerprint density at radius 2 is 2.12 bits per heavy atom. The topological polar surface area (TPSA) is 24.5 Å². The van der Waals surface area contributed by atoms with Gasteiger partial charge in [-0.15, -0.1) is 0 Å². The fourth-order valence-corrected chi connectivity index (χ4v) is 2.97. The molecule has 0 aromatic heterocycles. The third-order valence-electron chi connectivity index (χ3n) is 4.25. The number of hydrogen-bond donors (Lipinski definition) is 1. The van der Waals surface area contributed by atoms with Crippen molar-refractivity contribution < 1.29 is 4.74 Å². The van der Waals surface area contributed by atoms with Crippen LogP contribution in [0, 0.1) is 5.92 Å². The molecule has 1 aliphatic rings. The third kappa shape index (κ3) is 3.94. The smallest absolute Gasteiger partial charge is 0.0615 e. The number of piperidine rings is 1. The Balaban J connectivity index is 2.49. The molecule has 1 fully saturated rings. The van der Waals surface area contributed by atoms with Crippen LogP contribution in [0.15, 0.2) is 0 Å². The molecule has 3 nitrogen and oxygen atoms in total. The first-order valence-corrected chi connectivity index (χ1v) is 7.09. The van der Waals surface area contributed by atoms with Crippen molar-refractivity contribution in [2.75, 3.05) is 26.8 Å². The van der Waals surface area contributed by atoms with Crippen molar-refractivity contribution in [3.8, 4) is 0 Å². The minimum absolute atomic E-state index is 0.532. The van der Waals surface area contributed by atoms with Gasteiger partial charge in [0.05, 0.1) is 6.61 Å². The summed E-state index contributed by atoms with van der Waals surface area (Å²) in [6, 6.07) is 1.86. The van der Waals surface area contributed by atoms with E-state index in [1.165, 1.54) is 19.4 Å². The predicted octanol–water partition coefficient (Wildman–Crippen LogP) is 2.12. The van der Waals surface area contributed by atoms with Gasteiger partial charge in [-0.1, -0.05) is 13.8 Å². The number of rotatable bonds is 6. The Morgan fingerprint density at radius 1 is 1.41 bits per heavy atom. The zero-order valence-electron chi connectivity index (χ0n) is 12.2. The molecule has 0 aromatic rings. The predicted molar refractivity (Wildman–Crippen MR) is 73.4 cm³/mol. The van der Waals surface area contributed by atoms with Crippen molar-refractivity contribution in [3.63, 3.8) is 0 Å². The molecule has 0 radical (unpaired) electrons. The molecular formula is C14H30N2O. The molecule has 1 rings (SSSR count). The average molecular weight is 242 g/mol. The maximum atomic E-state index is 5.27. The van der Waals surface area contributed by atoms with Crippen LogP contribution in [0.4, 0.5) is 0 Å². The molecule has 3 heteroatoms. The van der Waals surface area contributed by atoms with Crippen molar-refractivity contribution in [2.24, 2.45) is 5.92 Å². The average Bonchev–Trinajstić information content (AvgIpc) is 2.31. The van der Waals surface area contributed by atoms with E-state index in [2.05, 4.69) is 37.9 Å². The third-order valence-corrected chi connectivity index (χ3v) is 4.25. The number of methoxy groups -OCH3 is 1. The molecule has 17 heavy (non-hydrogen) atoms. The lowest BCUT2D eigenvalue weighted by atomic mass is 9.86. The first-order valence-electron chi connectivity index (χ1n) is 7.09. The van der Waals surface area contributed by atoms with Gasteiger partial charge in [0.2, 0.25) is 0 Å². The molecule has 0 aliphatic carbocycles. The van der Waals surface area contributed by atoms with Gasteiger partial charge < -0.3 is 10.1 Å². The lowest BCUT2D eigenvalue weighted by Crippen LogP contribution is -2.56. The molecule has 1 aliphatic heterocycles. The molecule has 0 saturated carbocycles. The summed E-state index contributed by atoms with van der Waals surface area (Å²) in [5, 5.41) is 3.69. The summed E-state index contributed by atoms with van der Waals surface area (Å²) in [7, 11) is 1.79. The van der Waals surface area contributed by atoms with E-state index < -0.39 is 0 Å². The van der Waals surface area contributed by atoms with Crippen molar-refractivity contribution in [1.82, 2.24) is 10.2 Å². The highest BCUT2D eigenvalue weighted by atomic mass is 16.5. The Kier molecular flexibility index (Phi) is 6.45. The summed E-state index contributed by atoms with van der Waals surface area (Å²) in [4.78, 5) is 2.60. The van der Waals surface area contributed by atoms with Crippen molar-refractivity contribution in [3.05, 3.63) is 0 Å². The second-order valence-electron chi connectivity index (χ2n) is 5.49. The van der Waals surface area contributed by atoms with E-state index in [0.717, 1.165) is 19.1 Å². The Bertz CT molecular complexity index is 210. The van der Waals surface area contributed by atoms with Gasteiger partial charge in [0.25, 0.3) is 0 Å². The van der Waals surface area contributed by atoms with Gasteiger partial charge in [-0.25, -0.2) is 0 Å². The first kappa shape index (κ1) is 14.9. The summed E-state index contributed by atoms with van der Waals surface area (Å²) in [6.45, 7) is 12.4. The van der Waals surface area contributed by atoms with Crippen LogP contribution in [0.25, 0.3) is 0 Å². The molecule has 0 bridgehead atoms. The molecule has 1 saturated heterocycles. The highest BCUT2D eigenvalue weighted by Gasteiger charge is 2.33. The van der Waals surface area contributed by atoms with E-state index in [1.807, 2.05) is 0 Å². The van der Waals surface area contributed by atoms with Gasteiger partial charge in [0.1, 0.15) is 0 Å². The van der Waals surface area contributed by atoms with Gasteiger partial charge in [0.15, 0.2) is 0 Å². The first-order chi connectivity index (χ1) is 8.11. The van der Waals surface area contributed by atoms with E-state index in [9.17, 15) is 0 Å². The standard InChI is InChI=1S/C14H30N2O/c1-6-8-15-14-7-9-16(11(2)10-17-5)13(4)12(14)3/h11-15H,6-10H2,1-5H3. The van der Waals surface area contributed by atoms with Crippen molar-refractivity contribution >= 4 is 0 Å². The van der Waals surface area contributed by atoms with Crippen LogP contribution in [-0.4, -0.2) is 49.8 Å². The van der Waals surface area contributed by atoms with Gasteiger partial charge in [-0.2, -0.15) is 0 Å². The lowest BCUT2D eigenvalue weighted by molar-refractivity contribution is 0.0192. The molecular weight excluding hydrogens is 212 g/mol. The van der Waals surface area contributed by atoms with Crippen LogP contribution in [0.5, 0.6) is 0 Å². The molecule has 102 valence electrons. The number of ether oxygens (including phenoxy) is 1. The number of nitrogens with zero attached hydrogens (tertiary/aromatic N) is 1. The van der Waals surface area contributed by atoms with Gasteiger partial charge in [-0.05, 0) is 39.2 Å². The fourth-order valence-electron chi connectivity index (χ4n) is 2.97. The number of likely N-dealkylation sites (tertiary alicyclic amines) is 1. The molecule has 0 aromatic carbocycles. The summed E-state index contributed by atoms with van der Waals surface area (Å²) >= 11 is 0. The highest BCUT2D eigenvalue weighted by Crippen LogP contribution is 2.25. The van der Waals surface area contributed by atoms with Crippen LogP contribution in [0.2, 0.25) is 0 Å². The van der Waals surface area contributed by atoms with E-state index in [0.29, 0.717) is 18.1 Å². The van der Waals surface area contributed by atoms with Crippen LogP contribution < -0.4 is 5.32 Å². The highest BCUT2D eigenvalue weighted by molar-refractivity contribution is 4.90. The van der Waals surface area contributed by atoms with E-state index >= 15 is 0 Å². The zero-order chi connectivity index (χ0) is 12.8. The number of hydrogen-bond acceptors (Lipinski definition) is 3. The summed E-state index contributed by atoms with van der Waals surface area (Å²) in [5.41, 5.74) is 0. The zero-order valence-corrected chi connectivity index (χ0v) is 12.2. The Labute approximate surface area is 107 Å². The maximum absolute atomic E-state index is 5.27. The normalized spacial score (nSPS) is 32.6. The second-order valence-corrected chi connectivity index (χ2v) is 5.49. The van der Waals surface area contributed by atoms with Crippen molar-refractivity contribution in [2.45, 2.75) is 58.7 Å². The van der Waals surface area contributed by atoms with Gasteiger partial charge in [-0.3, -0.25) is 4.90 Å². The number of nitrogens with one attached hydrogen (secondary N) is 1. The van der Waals surface area contributed by atoms with Crippen LogP contribution in [-0.2, 0) is 4.74 Å². The minimum Gasteiger partial charge on any atom is -0.383 e. The van der Waals surface area contributed by atoms with E-state index in [1.54, 1.807) is 7.11 Å². The second kappa shape index (κ2) is 7.34. The minimum atomic E-state index is 0.532. The van der Waals surface area contributed by atoms with Crippen LogP contribution in [0.1, 0.15) is 40.5 Å². The maximum Gasteiger partial charge on any atom is 0.0615 e. The van der Waals surface area contributed by atoms with E-state index in [4.69, 9.17) is 4.74 Å². The quantitative estimate of drug-likeness (QED) is 0.772. The molecule has 4 atom stereocenters. The van der Waals surface area contributed by atoms with Crippen LogP contribution in [0.3, 0.4) is 0 Å². The molecule has 0 amide bonds. The summed E-state index contributed by atoms with van der Waals surface area (Å²) in [5.74, 6) is 0.717. The van der Waals surface area contributed by atoms with Gasteiger partial charge in [0, 0.05) is 31.8 Å². The fraction of sp³-hybridized carbons (Fsp3) is 1.00. The summed E-state index contributed by atoms with van der Waals surface area (Å²) < 4.78 is 5.27.